The molecule has 1 amide bonds. The molecule has 1 atom stereocenters. The summed E-state index contributed by atoms with van der Waals surface area (Å²) in [5.74, 6) is 1.92. The van der Waals surface area contributed by atoms with E-state index in [0.29, 0.717) is 0 Å². The molecule has 2 aromatic heterocycles. The van der Waals surface area contributed by atoms with E-state index in [1.54, 1.807) is 22.4 Å². The van der Waals surface area contributed by atoms with Crippen molar-refractivity contribution >= 4 is 28.7 Å². The van der Waals surface area contributed by atoms with E-state index in [0.717, 1.165) is 61.0 Å². The van der Waals surface area contributed by atoms with Crippen LogP contribution in [0.1, 0.15) is 37.0 Å². The highest BCUT2D eigenvalue weighted by Crippen LogP contribution is 2.45. The van der Waals surface area contributed by atoms with Crippen molar-refractivity contribution in [1.82, 2.24) is 15.0 Å². The Labute approximate surface area is 145 Å². The maximum atomic E-state index is 12.9. The molecular weight excluding hydrogens is 322 g/mol. The lowest BCUT2D eigenvalue weighted by Gasteiger charge is -2.45. The number of likely N-dealkylation sites (N-methyl/N-ethyl adjacent to an activating group) is 1. The summed E-state index contributed by atoms with van der Waals surface area (Å²) in [5.41, 5.74) is 0.409. The van der Waals surface area contributed by atoms with Crippen molar-refractivity contribution in [3.05, 3.63) is 28.6 Å². The second-order valence-corrected chi connectivity index (χ2v) is 7.40. The SMILES string of the molecule is CCC12CCCN1c1nc(CCc3nccs3)ncc1N(C)C2=O. The molecule has 2 aromatic rings. The summed E-state index contributed by atoms with van der Waals surface area (Å²) in [7, 11) is 1.84. The molecule has 0 aromatic carbocycles. The van der Waals surface area contributed by atoms with Crippen LogP contribution in [0.2, 0.25) is 0 Å². The fourth-order valence-corrected chi connectivity index (χ4v) is 4.52. The molecule has 0 bridgehead atoms. The van der Waals surface area contributed by atoms with Crippen LogP contribution in [0.4, 0.5) is 11.5 Å². The molecule has 0 radical (unpaired) electrons. The highest BCUT2D eigenvalue weighted by Gasteiger charge is 2.52. The van der Waals surface area contributed by atoms with E-state index in [2.05, 4.69) is 21.8 Å². The van der Waals surface area contributed by atoms with E-state index in [1.807, 2.05) is 18.6 Å². The number of hydrogen-bond donors (Lipinski definition) is 0. The van der Waals surface area contributed by atoms with Crippen LogP contribution in [0.15, 0.2) is 17.8 Å². The number of hydrogen-bond acceptors (Lipinski definition) is 6. The van der Waals surface area contributed by atoms with Gasteiger partial charge in [0, 0.05) is 38.0 Å². The van der Waals surface area contributed by atoms with Gasteiger partial charge in [-0.25, -0.2) is 15.0 Å². The molecule has 4 rings (SSSR count). The topological polar surface area (TPSA) is 62.2 Å². The number of anilines is 2. The first-order valence-corrected chi connectivity index (χ1v) is 9.34. The molecule has 0 aliphatic carbocycles. The number of nitrogens with zero attached hydrogens (tertiary/aromatic N) is 5. The van der Waals surface area contributed by atoms with Gasteiger partial charge in [-0.3, -0.25) is 4.79 Å². The normalized spacial score (nSPS) is 22.7. The van der Waals surface area contributed by atoms with Gasteiger partial charge in [0.2, 0.25) is 0 Å². The van der Waals surface area contributed by atoms with Gasteiger partial charge in [-0.15, -0.1) is 11.3 Å². The molecule has 0 saturated carbocycles. The maximum Gasteiger partial charge on any atom is 0.252 e. The number of thiazole rings is 1. The number of aromatic nitrogens is 3. The standard InChI is InChI=1S/C17H21N5OS/c1-3-17-7-4-9-22(17)15-12(21(2)16(17)23)11-19-13(20-15)5-6-14-18-8-10-24-14/h8,10-11H,3-7,9H2,1-2H3. The quantitative estimate of drug-likeness (QED) is 0.853. The van der Waals surface area contributed by atoms with Crippen LogP contribution < -0.4 is 9.80 Å². The largest absolute Gasteiger partial charge is 0.340 e. The Hall–Kier alpha value is -2.02. The van der Waals surface area contributed by atoms with Gasteiger partial charge in [-0.1, -0.05) is 6.92 Å². The van der Waals surface area contributed by atoms with Crippen molar-refractivity contribution in [2.75, 3.05) is 23.4 Å². The minimum absolute atomic E-state index is 0.175. The van der Waals surface area contributed by atoms with E-state index < -0.39 is 5.54 Å². The second kappa shape index (κ2) is 5.81. The third-order valence-electron chi connectivity index (χ3n) is 5.24. The number of fused-ring (bicyclic) bond motifs is 3. The zero-order valence-electron chi connectivity index (χ0n) is 14.0. The van der Waals surface area contributed by atoms with E-state index in [1.165, 1.54) is 0 Å². The van der Waals surface area contributed by atoms with Crippen LogP contribution in [-0.4, -0.2) is 40.0 Å². The highest BCUT2D eigenvalue weighted by molar-refractivity contribution is 7.09. The van der Waals surface area contributed by atoms with Crippen LogP contribution in [-0.2, 0) is 17.6 Å². The van der Waals surface area contributed by atoms with Crippen molar-refractivity contribution < 1.29 is 4.79 Å². The molecule has 7 heteroatoms. The molecule has 4 heterocycles. The summed E-state index contributed by atoms with van der Waals surface area (Å²) in [4.78, 5) is 30.5. The molecule has 126 valence electrons. The van der Waals surface area contributed by atoms with E-state index in [4.69, 9.17) is 4.98 Å². The molecule has 6 nitrogen and oxygen atoms in total. The Kier molecular flexibility index (Phi) is 3.75. The minimum atomic E-state index is -0.414. The van der Waals surface area contributed by atoms with Gasteiger partial charge >= 0.3 is 0 Å². The minimum Gasteiger partial charge on any atom is -0.340 e. The van der Waals surface area contributed by atoms with Gasteiger partial charge in [-0.2, -0.15) is 0 Å². The molecule has 24 heavy (non-hydrogen) atoms. The zero-order valence-corrected chi connectivity index (χ0v) is 14.8. The van der Waals surface area contributed by atoms with Crippen molar-refractivity contribution in [2.45, 2.75) is 44.6 Å². The summed E-state index contributed by atoms with van der Waals surface area (Å²) in [5, 5.41) is 3.09. The summed E-state index contributed by atoms with van der Waals surface area (Å²) in [6.07, 6.45) is 8.00. The van der Waals surface area contributed by atoms with Crippen molar-refractivity contribution in [1.29, 1.82) is 0 Å². The number of carbonyl (C=O) groups excluding carboxylic acids is 1. The molecule has 1 fully saturated rings. The van der Waals surface area contributed by atoms with Gasteiger partial charge in [0.05, 0.1) is 11.2 Å². The first kappa shape index (κ1) is 15.5. The molecular formula is C17H21N5OS. The van der Waals surface area contributed by atoms with Gasteiger partial charge < -0.3 is 9.80 Å². The van der Waals surface area contributed by atoms with E-state index in [-0.39, 0.29) is 5.91 Å². The van der Waals surface area contributed by atoms with Gasteiger partial charge in [0.15, 0.2) is 5.82 Å². The number of amides is 1. The summed E-state index contributed by atoms with van der Waals surface area (Å²) in [6, 6.07) is 0. The maximum absolute atomic E-state index is 12.9. The number of carbonyl (C=O) groups is 1. The Morgan fingerprint density at radius 2 is 2.21 bits per heavy atom. The van der Waals surface area contributed by atoms with Crippen molar-refractivity contribution in [3.63, 3.8) is 0 Å². The second-order valence-electron chi connectivity index (χ2n) is 6.43. The van der Waals surface area contributed by atoms with Gasteiger partial charge in [0.25, 0.3) is 5.91 Å². The molecule has 0 spiro atoms. The lowest BCUT2D eigenvalue weighted by atomic mass is 9.89. The third-order valence-corrected chi connectivity index (χ3v) is 6.08. The van der Waals surface area contributed by atoms with E-state index >= 15 is 0 Å². The molecule has 1 saturated heterocycles. The van der Waals surface area contributed by atoms with E-state index in [9.17, 15) is 4.79 Å². The fraction of sp³-hybridized carbons (Fsp3) is 0.529. The van der Waals surface area contributed by atoms with Crippen LogP contribution in [0, 0.1) is 0 Å². The van der Waals surface area contributed by atoms with Crippen molar-refractivity contribution in [2.24, 2.45) is 0 Å². The van der Waals surface area contributed by atoms with Crippen LogP contribution in [0.25, 0.3) is 0 Å². The Bertz CT molecular complexity index is 762. The summed E-state index contributed by atoms with van der Waals surface area (Å²) >= 11 is 1.66. The average molecular weight is 343 g/mol. The average Bonchev–Trinajstić information content (AvgIpc) is 3.27. The van der Waals surface area contributed by atoms with Gasteiger partial charge in [-0.05, 0) is 19.3 Å². The van der Waals surface area contributed by atoms with Crippen LogP contribution >= 0.6 is 11.3 Å². The predicted octanol–water partition coefficient (Wildman–Crippen LogP) is 2.44. The Balaban J connectivity index is 1.68. The van der Waals surface area contributed by atoms with Crippen molar-refractivity contribution in [3.8, 4) is 0 Å². The molecule has 1 unspecified atom stereocenters. The van der Waals surface area contributed by atoms with Crippen LogP contribution in [0.3, 0.4) is 0 Å². The Morgan fingerprint density at radius 1 is 1.33 bits per heavy atom. The first-order valence-electron chi connectivity index (χ1n) is 8.46. The third kappa shape index (κ3) is 2.22. The summed E-state index contributed by atoms with van der Waals surface area (Å²) in [6.45, 7) is 2.99. The van der Waals surface area contributed by atoms with Crippen LogP contribution in [0.5, 0.6) is 0 Å². The first-order chi connectivity index (χ1) is 11.7. The summed E-state index contributed by atoms with van der Waals surface area (Å²) < 4.78 is 0. The molecule has 2 aliphatic heterocycles. The van der Waals surface area contributed by atoms with Gasteiger partial charge in [0.1, 0.15) is 17.1 Å². The lowest BCUT2D eigenvalue weighted by molar-refractivity contribution is -0.123. The number of aryl methyl sites for hydroxylation is 2. The smallest absolute Gasteiger partial charge is 0.252 e. The zero-order chi connectivity index (χ0) is 16.7. The fourth-order valence-electron chi connectivity index (χ4n) is 3.90. The molecule has 0 N–H and O–H groups in total. The Morgan fingerprint density at radius 3 is 2.96 bits per heavy atom. The predicted molar refractivity (Wildman–Crippen MR) is 94.6 cm³/mol. The number of rotatable bonds is 4. The highest BCUT2D eigenvalue weighted by atomic mass is 32.1. The molecule has 2 aliphatic rings. The lowest BCUT2D eigenvalue weighted by Crippen LogP contribution is -2.59. The monoisotopic (exact) mass is 343 g/mol.